The Bertz CT molecular complexity index is 649. The minimum absolute atomic E-state index is 0.0830. The third-order valence-electron chi connectivity index (χ3n) is 3.49. The molecule has 1 atom stereocenters. The highest BCUT2D eigenvalue weighted by Gasteiger charge is 2.21. The van der Waals surface area contributed by atoms with E-state index < -0.39 is 0 Å². The fourth-order valence-corrected chi connectivity index (χ4v) is 3.26. The molecule has 0 fully saturated rings. The van der Waals surface area contributed by atoms with Crippen LogP contribution in [0.15, 0.2) is 30.3 Å². The lowest BCUT2D eigenvalue weighted by Crippen LogP contribution is -2.19. The molecule has 5 heteroatoms. The van der Waals surface area contributed by atoms with Gasteiger partial charge in [0.25, 0.3) is 0 Å². The molecule has 1 unspecified atom stereocenters. The minimum Gasteiger partial charge on any atom is -0.505 e. The van der Waals surface area contributed by atoms with Gasteiger partial charge in [0, 0.05) is 16.8 Å². The van der Waals surface area contributed by atoms with Crippen molar-refractivity contribution in [3.8, 4) is 5.75 Å². The van der Waals surface area contributed by atoms with Crippen LogP contribution >= 0.6 is 34.8 Å². The molecule has 3 rings (SSSR count). The molecule has 2 nitrogen and oxygen atoms in total. The number of fused-ring (bicyclic) bond motifs is 1. The van der Waals surface area contributed by atoms with Gasteiger partial charge in [-0.3, -0.25) is 0 Å². The van der Waals surface area contributed by atoms with Crippen molar-refractivity contribution < 1.29 is 5.11 Å². The van der Waals surface area contributed by atoms with Crippen LogP contribution in [0.1, 0.15) is 11.1 Å². The second-order valence-corrected chi connectivity index (χ2v) is 6.20. The highest BCUT2D eigenvalue weighted by atomic mass is 35.5. The molecule has 2 N–H and O–H groups in total. The number of benzene rings is 2. The number of hydrogen-bond donors (Lipinski definition) is 2. The van der Waals surface area contributed by atoms with Crippen LogP contribution in [-0.2, 0) is 12.8 Å². The summed E-state index contributed by atoms with van der Waals surface area (Å²) in [5.74, 6) is -0.0830. The van der Waals surface area contributed by atoms with Gasteiger partial charge in [-0.2, -0.15) is 0 Å². The minimum atomic E-state index is -0.0830. The molecule has 0 spiro atoms. The first kappa shape index (κ1) is 13.9. The highest BCUT2D eigenvalue weighted by Crippen LogP contribution is 2.35. The van der Waals surface area contributed by atoms with E-state index in [1.165, 1.54) is 11.1 Å². The average molecular weight is 329 g/mol. The maximum absolute atomic E-state index is 9.56. The molecule has 0 saturated heterocycles. The van der Waals surface area contributed by atoms with Gasteiger partial charge in [0.2, 0.25) is 0 Å². The zero-order valence-corrected chi connectivity index (χ0v) is 12.7. The van der Waals surface area contributed by atoms with Gasteiger partial charge in [-0.1, -0.05) is 40.9 Å². The van der Waals surface area contributed by atoms with Gasteiger partial charge in [-0.25, -0.2) is 0 Å². The van der Waals surface area contributed by atoms with E-state index in [0.717, 1.165) is 23.6 Å². The van der Waals surface area contributed by atoms with Gasteiger partial charge < -0.3 is 10.4 Å². The van der Waals surface area contributed by atoms with Crippen LogP contribution in [0.3, 0.4) is 0 Å². The van der Waals surface area contributed by atoms with E-state index in [9.17, 15) is 5.11 Å². The van der Waals surface area contributed by atoms with Gasteiger partial charge in [0.1, 0.15) is 0 Å². The van der Waals surface area contributed by atoms with E-state index in [0.29, 0.717) is 0 Å². The highest BCUT2D eigenvalue weighted by molar-refractivity contribution is 6.37. The third kappa shape index (κ3) is 2.69. The van der Waals surface area contributed by atoms with E-state index in [1.807, 2.05) is 12.1 Å². The smallest absolute Gasteiger partial charge is 0.152 e. The van der Waals surface area contributed by atoms with Crippen LogP contribution in [0.5, 0.6) is 5.75 Å². The molecule has 104 valence electrons. The molecule has 0 heterocycles. The Hall–Kier alpha value is -1.09. The largest absolute Gasteiger partial charge is 0.505 e. The number of halogens is 3. The molecule has 2 aromatic rings. The predicted molar refractivity (Wildman–Crippen MR) is 84.4 cm³/mol. The van der Waals surface area contributed by atoms with E-state index in [1.54, 1.807) is 12.1 Å². The van der Waals surface area contributed by atoms with Crippen molar-refractivity contribution in [3.05, 3.63) is 56.5 Å². The van der Waals surface area contributed by atoms with Gasteiger partial charge in [0.15, 0.2) is 5.75 Å². The van der Waals surface area contributed by atoms with Gasteiger partial charge in [0.05, 0.1) is 10.0 Å². The van der Waals surface area contributed by atoms with E-state index >= 15 is 0 Å². The first-order valence-electron chi connectivity index (χ1n) is 6.25. The summed E-state index contributed by atoms with van der Waals surface area (Å²) in [5.41, 5.74) is 3.38. The van der Waals surface area contributed by atoms with Crippen LogP contribution in [-0.4, -0.2) is 11.1 Å². The van der Waals surface area contributed by atoms with Gasteiger partial charge >= 0.3 is 0 Å². The number of hydrogen-bond acceptors (Lipinski definition) is 2. The van der Waals surface area contributed by atoms with Gasteiger partial charge in [-0.05, 0) is 48.2 Å². The number of anilines is 1. The number of phenolic OH excluding ortho intramolecular Hbond substituents is 1. The summed E-state index contributed by atoms with van der Waals surface area (Å²) in [6, 6.07) is 9.63. The second-order valence-electron chi connectivity index (χ2n) is 4.95. The molecule has 0 amide bonds. The summed E-state index contributed by atoms with van der Waals surface area (Å²) in [5, 5.41) is 14.2. The van der Waals surface area contributed by atoms with Crippen molar-refractivity contribution >= 4 is 40.5 Å². The molecule has 1 aliphatic rings. The second kappa shape index (κ2) is 5.36. The topological polar surface area (TPSA) is 32.3 Å². The van der Waals surface area contributed by atoms with Gasteiger partial charge in [-0.15, -0.1) is 0 Å². The summed E-state index contributed by atoms with van der Waals surface area (Å²) in [4.78, 5) is 0. The normalized spacial score (nSPS) is 17.1. The number of phenols is 1. The van der Waals surface area contributed by atoms with Crippen molar-refractivity contribution in [2.75, 3.05) is 5.32 Å². The van der Waals surface area contributed by atoms with Crippen LogP contribution in [0.25, 0.3) is 0 Å². The quantitative estimate of drug-likeness (QED) is 0.766. The molecule has 2 aromatic carbocycles. The lowest BCUT2D eigenvalue weighted by molar-refractivity contribution is 0.476. The van der Waals surface area contributed by atoms with Crippen molar-refractivity contribution in [3.63, 3.8) is 0 Å². The lowest BCUT2D eigenvalue weighted by Gasteiger charge is -2.14. The summed E-state index contributed by atoms with van der Waals surface area (Å²) < 4.78 is 0. The fourth-order valence-electron chi connectivity index (χ4n) is 2.57. The number of aromatic hydroxyl groups is 1. The number of rotatable bonds is 2. The monoisotopic (exact) mass is 327 g/mol. The fraction of sp³-hybridized carbons (Fsp3) is 0.200. The van der Waals surface area contributed by atoms with Crippen molar-refractivity contribution in [1.82, 2.24) is 0 Å². The Morgan fingerprint density at radius 2 is 1.60 bits per heavy atom. The van der Waals surface area contributed by atoms with Crippen LogP contribution in [0, 0.1) is 0 Å². The van der Waals surface area contributed by atoms with E-state index in [2.05, 4.69) is 11.4 Å². The average Bonchev–Trinajstić information content (AvgIpc) is 2.77. The lowest BCUT2D eigenvalue weighted by atomic mass is 10.1. The maximum atomic E-state index is 9.56. The molecule has 1 aliphatic carbocycles. The van der Waals surface area contributed by atoms with Crippen molar-refractivity contribution in [1.29, 1.82) is 0 Å². The molecule has 0 aliphatic heterocycles. The molecular formula is C15H12Cl3NO. The molecular weight excluding hydrogens is 317 g/mol. The van der Waals surface area contributed by atoms with E-state index in [4.69, 9.17) is 34.8 Å². The molecule has 0 bridgehead atoms. The Kier molecular flexibility index (Phi) is 3.72. The number of nitrogens with one attached hydrogen (secondary N) is 1. The molecule has 0 aromatic heterocycles. The Morgan fingerprint density at radius 3 is 2.30 bits per heavy atom. The summed E-state index contributed by atoms with van der Waals surface area (Å²) in [6.07, 6.45) is 1.84. The van der Waals surface area contributed by atoms with Crippen LogP contribution in [0.4, 0.5) is 5.69 Å². The summed E-state index contributed by atoms with van der Waals surface area (Å²) >= 11 is 17.9. The standard InChI is InChI=1S/C15H12Cl3NO/c16-10-2-1-8-4-11(5-9(8)3-10)19-12-6-13(17)15(20)14(18)7-12/h1-3,6-7,11,19-20H,4-5H2. The first-order valence-corrected chi connectivity index (χ1v) is 7.38. The predicted octanol–water partition coefficient (Wildman–Crippen LogP) is 4.93. The zero-order chi connectivity index (χ0) is 14.3. The summed E-state index contributed by atoms with van der Waals surface area (Å²) in [7, 11) is 0. The first-order chi connectivity index (χ1) is 9.52. The Morgan fingerprint density at radius 1 is 0.950 bits per heavy atom. The van der Waals surface area contributed by atoms with Crippen LogP contribution < -0.4 is 5.32 Å². The maximum Gasteiger partial charge on any atom is 0.152 e. The summed E-state index contributed by atoms with van der Waals surface area (Å²) in [6.45, 7) is 0. The molecule has 0 saturated carbocycles. The molecule has 20 heavy (non-hydrogen) atoms. The van der Waals surface area contributed by atoms with E-state index in [-0.39, 0.29) is 21.8 Å². The van der Waals surface area contributed by atoms with Crippen molar-refractivity contribution in [2.45, 2.75) is 18.9 Å². The third-order valence-corrected chi connectivity index (χ3v) is 4.30. The Labute approximate surface area is 132 Å². The van der Waals surface area contributed by atoms with Crippen LogP contribution in [0.2, 0.25) is 15.1 Å². The SMILES string of the molecule is Oc1c(Cl)cc(NC2Cc3ccc(Cl)cc3C2)cc1Cl. The van der Waals surface area contributed by atoms with Crippen molar-refractivity contribution in [2.24, 2.45) is 0 Å². The molecule has 0 radical (unpaired) electrons. The Balaban J connectivity index is 1.78. The zero-order valence-electron chi connectivity index (χ0n) is 10.5.